The molecule has 17 heavy (non-hydrogen) atoms. The summed E-state index contributed by atoms with van der Waals surface area (Å²) in [6, 6.07) is 6.84. The second kappa shape index (κ2) is 6.18. The maximum Gasteiger partial charge on any atom is 0.00746 e. The SMILES string of the molecule is Cc1cc(C(C)(C)C)ccc1CCNCCN. The van der Waals surface area contributed by atoms with Gasteiger partial charge in [0.25, 0.3) is 0 Å². The quantitative estimate of drug-likeness (QED) is 0.768. The summed E-state index contributed by atoms with van der Waals surface area (Å²) < 4.78 is 0. The van der Waals surface area contributed by atoms with Crippen LogP contribution in [0.25, 0.3) is 0 Å². The van der Waals surface area contributed by atoms with Crippen molar-refractivity contribution in [3.05, 3.63) is 34.9 Å². The van der Waals surface area contributed by atoms with E-state index in [4.69, 9.17) is 5.73 Å². The highest BCUT2D eigenvalue weighted by Gasteiger charge is 2.14. The topological polar surface area (TPSA) is 38.0 Å². The molecular weight excluding hydrogens is 208 g/mol. The van der Waals surface area contributed by atoms with Crippen LogP contribution in [0.3, 0.4) is 0 Å². The lowest BCUT2D eigenvalue weighted by atomic mass is 9.85. The monoisotopic (exact) mass is 234 g/mol. The molecule has 0 aromatic heterocycles. The maximum atomic E-state index is 5.44. The molecule has 0 aliphatic rings. The lowest BCUT2D eigenvalue weighted by Gasteiger charge is -2.20. The Morgan fingerprint density at radius 2 is 1.88 bits per heavy atom. The predicted molar refractivity (Wildman–Crippen MR) is 75.5 cm³/mol. The Morgan fingerprint density at radius 3 is 2.41 bits per heavy atom. The van der Waals surface area contributed by atoms with Gasteiger partial charge in [0.15, 0.2) is 0 Å². The minimum atomic E-state index is 0.237. The normalized spacial score (nSPS) is 11.8. The number of hydrogen-bond acceptors (Lipinski definition) is 2. The zero-order chi connectivity index (χ0) is 12.9. The van der Waals surface area contributed by atoms with Crippen molar-refractivity contribution in [2.24, 2.45) is 5.73 Å². The van der Waals surface area contributed by atoms with Gasteiger partial charge >= 0.3 is 0 Å². The molecule has 0 aliphatic carbocycles. The van der Waals surface area contributed by atoms with Crippen molar-refractivity contribution in [1.82, 2.24) is 5.32 Å². The number of rotatable bonds is 5. The molecule has 0 atom stereocenters. The van der Waals surface area contributed by atoms with Crippen LogP contribution in [0.2, 0.25) is 0 Å². The Labute approximate surface area is 106 Å². The van der Waals surface area contributed by atoms with E-state index in [1.54, 1.807) is 0 Å². The fourth-order valence-corrected chi connectivity index (χ4v) is 1.89. The second-order valence-corrected chi connectivity index (χ2v) is 5.68. The second-order valence-electron chi connectivity index (χ2n) is 5.68. The molecule has 0 bridgehead atoms. The molecule has 0 spiro atoms. The Hall–Kier alpha value is -0.860. The van der Waals surface area contributed by atoms with E-state index in [-0.39, 0.29) is 5.41 Å². The third kappa shape index (κ3) is 4.49. The fourth-order valence-electron chi connectivity index (χ4n) is 1.89. The molecular formula is C15H26N2. The van der Waals surface area contributed by atoms with Crippen molar-refractivity contribution in [3.63, 3.8) is 0 Å². The van der Waals surface area contributed by atoms with Crippen LogP contribution >= 0.6 is 0 Å². The lowest BCUT2D eigenvalue weighted by molar-refractivity contribution is 0.589. The summed E-state index contributed by atoms with van der Waals surface area (Å²) in [6.45, 7) is 11.6. The first-order valence-electron chi connectivity index (χ1n) is 6.46. The molecule has 3 N–H and O–H groups in total. The first-order valence-corrected chi connectivity index (χ1v) is 6.46. The van der Waals surface area contributed by atoms with Crippen molar-refractivity contribution >= 4 is 0 Å². The van der Waals surface area contributed by atoms with Gasteiger partial charge in [0.2, 0.25) is 0 Å². The number of aryl methyl sites for hydroxylation is 1. The molecule has 0 heterocycles. The van der Waals surface area contributed by atoms with Gasteiger partial charge < -0.3 is 11.1 Å². The van der Waals surface area contributed by atoms with Crippen LogP contribution < -0.4 is 11.1 Å². The summed E-state index contributed by atoms with van der Waals surface area (Å²) in [5, 5.41) is 3.33. The van der Waals surface area contributed by atoms with Gasteiger partial charge in [-0.05, 0) is 42.0 Å². The van der Waals surface area contributed by atoms with E-state index in [0.29, 0.717) is 6.54 Å². The van der Waals surface area contributed by atoms with Crippen LogP contribution in [0, 0.1) is 6.92 Å². The van der Waals surface area contributed by atoms with Crippen molar-refractivity contribution < 1.29 is 0 Å². The van der Waals surface area contributed by atoms with Crippen LogP contribution in [-0.2, 0) is 11.8 Å². The first-order chi connectivity index (χ1) is 7.95. The van der Waals surface area contributed by atoms with Gasteiger partial charge in [0.1, 0.15) is 0 Å². The number of hydrogen-bond donors (Lipinski definition) is 2. The molecule has 1 rings (SSSR count). The highest BCUT2D eigenvalue weighted by molar-refractivity contribution is 5.34. The maximum absolute atomic E-state index is 5.44. The van der Waals surface area contributed by atoms with E-state index < -0.39 is 0 Å². The molecule has 0 fully saturated rings. The molecule has 0 saturated carbocycles. The largest absolute Gasteiger partial charge is 0.329 e. The molecule has 1 aromatic rings. The number of nitrogens with one attached hydrogen (secondary N) is 1. The molecule has 0 amide bonds. The van der Waals surface area contributed by atoms with E-state index in [2.05, 4.69) is 51.2 Å². The molecule has 1 aromatic carbocycles. The van der Waals surface area contributed by atoms with Crippen LogP contribution in [-0.4, -0.2) is 19.6 Å². The number of benzene rings is 1. The van der Waals surface area contributed by atoms with Gasteiger partial charge in [0, 0.05) is 13.1 Å². The van der Waals surface area contributed by atoms with E-state index in [9.17, 15) is 0 Å². The van der Waals surface area contributed by atoms with Gasteiger partial charge in [-0.25, -0.2) is 0 Å². The Morgan fingerprint density at radius 1 is 1.18 bits per heavy atom. The van der Waals surface area contributed by atoms with Crippen LogP contribution in [0.15, 0.2) is 18.2 Å². The zero-order valence-electron chi connectivity index (χ0n) is 11.6. The molecule has 96 valence electrons. The number of nitrogens with two attached hydrogens (primary N) is 1. The highest BCUT2D eigenvalue weighted by Crippen LogP contribution is 2.24. The lowest BCUT2D eigenvalue weighted by Crippen LogP contribution is -2.24. The average molecular weight is 234 g/mol. The zero-order valence-corrected chi connectivity index (χ0v) is 11.6. The predicted octanol–water partition coefficient (Wildman–Crippen LogP) is 2.38. The summed E-state index contributed by atoms with van der Waals surface area (Å²) >= 11 is 0. The molecule has 0 saturated heterocycles. The van der Waals surface area contributed by atoms with Gasteiger partial charge in [-0.2, -0.15) is 0 Å². The molecule has 0 unspecified atom stereocenters. The summed E-state index contributed by atoms with van der Waals surface area (Å²) in [4.78, 5) is 0. The Kier molecular flexibility index (Phi) is 5.16. The first kappa shape index (κ1) is 14.2. The summed E-state index contributed by atoms with van der Waals surface area (Å²) in [6.07, 6.45) is 1.08. The van der Waals surface area contributed by atoms with Gasteiger partial charge in [0.05, 0.1) is 0 Å². The summed E-state index contributed by atoms with van der Waals surface area (Å²) in [5.41, 5.74) is 9.92. The van der Waals surface area contributed by atoms with Crippen LogP contribution in [0.4, 0.5) is 0 Å². The van der Waals surface area contributed by atoms with Crippen molar-refractivity contribution in [2.75, 3.05) is 19.6 Å². The third-order valence-electron chi connectivity index (χ3n) is 3.10. The Balaban J connectivity index is 2.64. The van der Waals surface area contributed by atoms with E-state index in [1.165, 1.54) is 16.7 Å². The summed E-state index contributed by atoms with van der Waals surface area (Å²) in [7, 11) is 0. The fraction of sp³-hybridized carbons (Fsp3) is 0.600. The van der Waals surface area contributed by atoms with Gasteiger partial charge in [-0.1, -0.05) is 39.0 Å². The smallest absolute Gasteiger partial charge is 0.00746 e. The highest BCUT2D eigenvalue weighted by atomic mass is 14.9. The minimum absolute atomic E-state index is 0.237. The molecule has 2 heteroatoms. The van der Waals surface area contributed by atoms with E-state index in [0.717, 1.165) is 19.5 Å². The van der Waals surface area contributed by atoms with Crippen molar-refractivity contribution in [2.45, 2.75) is 39.5 Å². The van der Waals surface area contributed by atoms with Crippen molar-refractivity contribution in [1.29, 1.82) is 0 Å². The molecule has 0 radical (unpaired) electrons. The third-order valence-corrected chi connectivity index (χ3v) is 3.10. The Bertz CT molecular complexity index is 350. The van der Waals surface area contributed by atoms with Crippen molar-refractivity contribution in [3.8, 4) is 0 Å². The van der Waals surface area contributed by atoms with E-state index in [1.807, 2.05) is 0 Å². The average Bonchev–Trinajstić information content (AvgIpc) is 2.24. The molecule has 0 aliphatic heterocycles. The van der Waals surface area contributed by atoms with Crippen LogP contribution in [0.5, 0.6) is 0 Å². The van der Waals surface area contributed by atoms with Crippen LogP contribution in [0.1, 0.15) is 37.5 Å². The minimum Gasteiger partial charge on any atom is -0.329 e. The molecule has 2 nitrogen and oxygen atoms in total. The van der Waals surface area contributed by atoms with Gasteiger partial charge in [-0.3, -0.25) is 0 Å². The van der Waals surface area contributed by atoms with E-state index >= 15 is 0 Å². The summed E-state index contributed by atoms with van der Waals surface area (Å²) in [5.74, 6) is 0. The van der Waals surface area contributed by atoms with Gasteiger partial charge in [-0.15, -0.1) is 0 Å². The standard InChI is InChI=1S/C15H26N2/c1-12-11-14(15(2,3)4)6-5-13(12)7-9-17-10-8-16/h5-6,11,17H,7-10,16H2,1-4H3.